The number of imide groups is 1. The molecule has 27 heavy (non-hydrogen) atoms. The van der Waals surface area contributed by atoms with Gasteiger partial charge in [-0.1, -0.05) is 29.8 Å². The molecular weight excluding hydrogens is 386 g/mol. The molecule has 0 saturated carbocycles. The standard InChI is InChI=1S/C20H18ClNO4S/c1-2-25-17-9-8-15(21)12-14(17)13-18-19(23)22(20(24)27-18)10-11-26-16-6-4-3-5-7-16/h3-9,12-13H,2,10-11H2,1H3/b18-13-. The first-order valence-electron chi connectivity index (χ1n) is 8.44. The molecule has 0 unspecified atom stereocenters. The molecule has 1 saturated heterocycles. The minimum absolute atomic E-state index is 0.185. The second-order valence-corrected chi connectivity index (χ2v) is 7.04. The summed E-state index contributed by atoms with van der Waals surface area (Å²) in [6.07, 6.45) is 1.64. The summed E-state index contributed by atoms with van der Waals surface area (Å²) >= 11 is 6.95. The van der Waals surface area contributed by atoms with Crippen LogP contribution in [0.15, 0.2) is 53.4 Å². The highest BCUT2D eigenvalue weighted by Gasteiger charge is 2.35. The van der Waals surface area contributed by atoms with Gasteiger partial charge < -0.3 is 9.47 Å². The summed E-state index contributed by atoms with van der Waals surface area (Å²) in [7, 11) is 0. The van der Waals surface area contributed by atoms with Crippen molar-refractivity contribution in [3.63, 3.8) is 0 Å². The van der Waals surface area contributed by atoms with Gasteiger partial charge in [0.05, 0.1) is 18.1 Å². The van der Waals surface area contributed by atoms with Crippen LogP contribution in [0, 0.1) is 0 Å². The fourth-order valence-corrected chi connectivity index (χ4v) is 3.56. The maximum Gasteiger partial charge on any atom is 0.293 e. The Morgan fingerprint density at radius 1 is 1.11 bits per heavy atom. The van der Waals surface area contributed by atoms with E-state index in [1.165, 1.54) is 4.90 Å². The number of nitrogens with zero attached hydrogens (tertiary/aromatic N) is 1. The molecule has 0 atom stereocenters. The van der Waals surface area contributed by atoms with E-state index in [1.807, 2.05) is 37.3 Å². The Balaban J connectivity index is 1.70. The summed E-state index contributed by atoms with van der Waals surface area (Å²) in [5, 5.41) is 0.211. The summed E-state index contributed by atoms with van der Waals surface area (Å²) < 4.78 is 11.1. The van der Waals surface area contributed by atoms with Crippen molar-refractivity contribution < 1.29 is 19.1 Å². The number of halogens is 1. The van der Waals surface area contributed by atoms with Crippen LogP contribution in [0.2, 0.25) is 5.02 Å². The number of hydrogen-bond donors (Lipinski definition) is 0. The zero-order chi connectivity index (χ0) is 19.2. The van der Waals surface area contributed by atoms with Crippen LogP contribution >= 0.6 is 23.4 Å². The SMILES string of the molecule is CCOc1ccc(Cl)cc1/C=C1\SC(=O)N(CCOc2ccccc2)C1=O. The van der Waals surface area contributed by atoms with Gasteiger partial charge in [-0.25, -0.2) is 0 Å². The normalized spacial score (nSPS) is 15.5. The van der Waals surface area contributed by atoms with Gasteiger partial charge in [0.25, 0.3) is 11.1 Å². The zero-order valence-corrected chi connectivity index (χ0v) is 16.3. The fraction of sp³-hybridized carbons (Fsp3) is 0.200. The van der Waals surface area contributed by atoms with Gasteiger partial charge in [0.1, 0.15) is 18.1 Å². The predicted molar refractivity (Wildman–Crippen MR) is 107 cm³/mol. The fourth-order valence-electron chi connectivity index (χ4n) is 2.52. The van der Waals surface area contributed by atoms with E-state index in [4.69, 9.17) is 21.1 Å². The number of para-hydroxylation sites is 1. The van der Waals surface area contributed by atoms with Crippen LogP contribution in [0.1, 0.15) is 12.5 Å². The topological polar surface area (TPSA) is 55.8 Å². The van der Waals surface area contributed by atoms with E-state index in [0.717, 1.165) is 11.8 Å². The smallest absolute Gasteiger partial charge is 0.293 e. The third-order valence-corrected chi connectivity index (χ3v) is 4.90. The van der Waals surface area contributed by atoms with Gasteiger partial charge in [-0.05, 0) is 55.1 Å². The molecule has 1 fully saturated rings. The average Bonchev–Trinajstić information content (AvgIpc) is 2.92. The average molecular weight is 404 g/mol. The third-order valence-electron chi connectivity index (χ3n) is 3.76. The van der Waals surface area contributed by atoms with Crippen molar-refractivity contribution in [2.45, 2.75) is 6.92 Å². The van der Waals surface area contributed by atoms with Crippen LogP contribution in [-0.2, 0) is 4.79 Å². The largest absolute Gasteiger partial charge is 0.493 e. The van der Waals surface area contributed by atoms with E-state index >= 15 is 0 Å². The second kappa shape index (κ2) is 8.97. The van der Waals surface area contributed by atoms with Crippen molar-refractivity contribution in [3.05, 3.63) is 64.0 Å². The van der Waals surface area contributed by atoms with Gasteiger partial charge in [-0.15, -0.1) is 0 Å². The van der Waals surface area contributed by atoms with Crippen molar-refractivity contribution in [1.29, 1.82) is 0 Å². The number of rotatable bonds is 7. The molecule has 0 N–H and O–H groups in total. The summed E-state index contributed by atoms with van der Waals surface area (Å²) in [6, 6.07) is 14.4. The first-order valence-corrected chi connectivity index (χ1v) is 9.63. The highest BCUT2D eigenvalue weighted by Crippen LogP contribution is 2.34. The molecule has 2 aromatic carbocycles. The highest BCUT2D eigenvalue weighted by atomic mass is 35.5. The van der Waals surface area contributed by atoms with Crippen LogP contribution in [0.5, 0.6) is 11.5 Å². The number of hydrogen-bond acceptors (Lipinski definition) is 5. The monoisotopic (exact) mass is 403 g/mol. The third kappa shape index (κ3) is 4.84. The van der Waals surface area contributed by atoms with Crippen molar-refractivity contribution in [2.24, 2.45) is 0 Å². The lowest BCUT2D eigenvalue weighted by molar-refractivity contribution is -0.123. The molecule has 3 rings (SSSR count). The molecule has 0 spiro atoms. The van der Waals surface area contributed by atoms with E-state index in [0.29, 0.717) is 33.6 Å². The van der Waals surface area contributed by atoms with Gasteiger partial charge in [0, 0.05) is 10.6 Å². The zero-order valence-electron chi connectivity index (χ0n) is 14.7. The molecule has 2 aromatic rings. The van der Waals surface area contributed by atoms with Crippen molar-refractivity contribution in [1.82, 2.24) is 4.90 Å². The Morgan fingerprint density at radius 3 is 2.63 bits per heavy atom. The van der Waals surface area contributed by atoms with E-state index in [9.17, 15) is 9.59 Å². The Morgan fingerprint density at radius 2 is 1.89 bits per heavy atom. The lowest BCUT2D eigenvalue weighted by atomic mass is 10.2. The maximum absolute atomic E-state index is 12.6. The lowest BCUT2D eigenvalue weighted by Gasteiger charge is -2.13. The Labute approximate surface area is 166 Å². The summed E-state index contributed by atoms with van der Waals surface area (Å²) in [5.74, 6) is 0.963. The van der Waals surface area contributed by atoms with E-state index in [1.54, 1.807) is 24.3 Å². The summed E-state index contributed by atoms with van der Waals surface area (Å²) in [4.78, 5) is 26.3. The number of ether oxygens (including phenoxy) is 2. The number of benzene rings is 2. The molecule has 5 nitrogen and oxygen atoms in total. The van der Waals surface area contributed by atoms with E-state index in [-0.39, 0.29) is 24.3 Å². The van der Waals surface area contributed by atoms with E-state index in [2.05, 4.69) is 0 Å². The minimum Gasteiger partial charge on any atom is -0.493 e. The Bertz CT molecular complexity index is 870. The Hall–Kier alpha value is -2.44. The second-order valence-electron chi connectivity index (χ2n) is 5.61. The summed E-state index contributed by atoms with van der Waals surface area (Å²) in [6.45, 7) is 2.78. The molecule has 140 valence electrons. The molecule has 1 aliphatic heterocycles. The number of amides is 2. The molecule has 2 amide bonds. The molecule has 1 heterocycles. The highest BCUT2D eigenvalue weighted by molar-refractivity contribution is 8.18. The van der Waals surface area contributed by atoms with Crippen LogP contribution < -0.4 is 9.47 Å². The van der Waals surface area contributed by atoms with Crippen molar-refractivity contribution >= 4 is 40.6 Å². The molecule has 0 radical (unpaired) electrons. The number of thioether (sulfide) groups is 1. The summed E-state index contributed by atoms with van der Waals surface area (Å²) in [5.41, 5.74) is 0.662. The van der Waals surface area contributed by atoms with Crippen LogP contribution in [0.3, 0.4) is 0 Å². The lowest BCUT2D eigenvalue weighted by Crippen LogP contribution is -2.32. The Kier molecular flexibility index (Phi) is 6.42. The first-order chi connectivity index (χ1) is 13.1. The van der Waals surface area contributed by atoms with Crippen LogP contribution in [0.4, 0.5) is 4.79 Å². The van der Waals surface area contributed by atoms with Gasteiger partial charge in [0.15, 0.2) is 0 Å². The van der Waals surface area contributed by atoms with Crippen LogP contribution in [0.25, 0.3) is 6.08 Å². The van der Waals surface area contributed by atoms with Gasteiger partial charge in [-0.2, -0.15) is 0 Å². The van der Waals surface area contributed by atoms with Gasteiger partial charge in [0.2, 0.25) is 0 Å². The molecule has 1 aliphatic rings. The predicted octanol–water partition coefficient (Wildman–Crippen LogP) is 4.85. The van der Waals surface area contributed by atoms with Crippen molar-refractivity contribution in [3.8, 4) is 11.5 Å². The van der Waals surface area contributed by atoms with Gasteiger partial charge in [-0.3, -0.25) is 14.5 Å². The van der Waals surface area contributed by atoms with Gasteiger partial charge >= 0.3 is 0 Å². The molecule has 0 aliphatic carbocycles. The number of carbonyl (C=O) groups is 2. The van der Waals surface area contributed by atoms with E-state index < -0.39 is 0 Å². The quantitative estimate of drug-likeness (QED) is 0.618. The number of carbonyl (C=O) groups excluding carboxylic acids is 2. The molecule has 0 aromatic heterocycles. The molecule has 0 bridgehead atoms. The first kappa shape index (κ1) is 19.3. The van der Waals surface area contributed by atoms with Crippen LogP contribution in [-0.4, -0.2) is 35.8 Å². The minimum atomic E-state index is -0.343. The molecular formula is C20H18ClNO4S. The van der Waals surface area contributed by atoms with Crippen molar-refractivity contribution in [2.75, 3.05) is 19.8 Å². The maximum atomic E-state index is 12.6. The molecule has 7 heteroatoms.